The number of nitrogens with one attached hydrogen (secondary N) is 1. The zero-order chi connectivity index (χ0) is 17.0. The molecule has 1 amide bonds. The van der Waals surface area contributed by atoms with E-state index in [-0.39, 0.29) is 0 Å². The van der Waals surface area contributed by atoms with Gasteiger partial charge in [-0.05, 0) is 37.6 Å². The molecule has 2 aromatic rings. The maximum Gasteiger partial charge on any atom is 0.326 e. The lowest BCUT2D eigenvalue weighted by atomic mass is 10.1. The summed E-state index contributed by atoms with van der Waals surface area (Å²) < 4.78 is 2.60. The molecule has 1 atom stereocenters. The van der Waals surface area contributed by atoms with E-state index in [4.69, 9.17) is 5.11 Å². The molecule has 0 saturated carbocycles. The largest absolute Gasteiger partial charge is 0.480 e. The van der Waals surface area contributed by atoms with E-state index in [2.05, 4.69) is 26.3 Å². The van der Waals surface area contributed by atoms with Crippen LogP contribution in [0.1, 0.15) is 35.8 Å². The Bertz CT molecular complexity index is 710. The molecular weight excluding hydrogens is 362 g/mol. The predicted octanol–water partition coefficient (Wildman–Crippen LogP) is 2.93. The van der Waals surface area contributed by atoms with Gasteiger partial charge < -0.3 is 10.4 Å². The molecule has 0 aliphatic rings. The third-order valence-corrected chi connectivity index (χ3v) is 4.04. The highest BCUT2D eigenvalue weighted by molar-refractivity contribution is 9.10. The summed E-state index contributed by atoms with van der Waals surface area (Å²) in [6.07, 6.45) is 2.52. The van der Waals surface area contributed by atoms with Gasteiger partial charge in [-0.1, -0.05) is 29.3 Å². The van der Waals surface area contributed by atoms with Crippen molar-refractivity contribution in [2.45, 2.75) is 32.7 Å². The number of amides is 1. The van der Waals surface area contributed by atoms with Crippen molar-refractivity contribution < 1.29 is 14.7 Å². The minimum atomic E-state index is -1.03. The van der Waals surface area contributed by atoms with Crippen LogP contribution in [0.4, 0.5) is 0 Å². The molecule has 0 bridgehead atoms. The molecule has 0 fully saturated rings. The van der Waals surface area contributed by atoms with E-state index in [9.17, 15) is 9.59 Å². The first-order valence-electron chi connectivity index (χ1n) is 7.28. The molecule has 6 nitrogen and oxygen atoms in total. The SMILES string of the molecule is CCCC(NC(=O)c1cnn(-c2ccc(Br)cc2)c1C)C(=O)O. The molecule has 1 aromatic heterocycles. The first-order valence-corrected chi connectivity index (χ1v) is 8.07. The Hall–Kier alpha value is -2.15. The number of halogens is 1. The number of nitrogens with zero attached hydrogens (tertiary/aromatic N) is 2. The normalized spacial score (nSPS) is 12.0. The summed E-state index contributed by atoms with van der Waals surface area (Å²) in [5.41, 5.74) is 1.86. The van der Waals surface area contributed by atoms with E-state index in [0.29, 0.717) is 24.1 Å². The second-order valence-electron chi connectivity index (χ2n) is 5.18. The Morgan fingerprint density at radius 2 is 2.00 bits per heavy atom. The maximum absolute atomic E-state index is 12.3. The van der Waals surface area contributed by atoms with E-state index >= 15 is 0 Å². The number of carboxylic acid groups (broad SMARTS) is 1. The fourth-order valence-corrected chi connectivity index (χ4v) is 2.52. The lowest BCUT2D eigenvalue weighted by Crippen LogP contribution is -2.40. The lowest BCUT2D eigenvalue weighted by molar-refractivity contribution is -0.139. The molecule has 1 unspecified atom stereocenters. The van der Waals surface area contributed by atoms with E-state index < -0.39 is 17.9 Å². The van der Waals surface area contributed by atoms with Crippen LogP contribution in [0.2, 0.25) is 0 Å². The summed E-state index contributed by atoms with van der Waals surface area (Å²) in [6, 6.07) is 6.64. The molecule has 0 radical (unpaired) electrons. The third kappa shape index (κ3) is 3.98. The van der Waals surface area contributed by atoms with Crippen molar-refractivity contribution in [3.63, 3.8) is 0 Å². The molecule has 0 saturated heterocycles. The fraction of sp³-hybridized carbons (Fsp3) is 0.312. The Kier molecular flexibility index (Phi) is 5.54. The molecule has 0 spiro atoms. The van der Waals surface area contributed by atoms with Crippen LogP contribution in [0.25, 0.3) is 5.69 Å². The molecule has 0 aliphatic heterocycles. The van der Waals surface area contributed by atoms with Crippen LogP contribution in [-0.2, 0) is 4.79 Å². The Balaban J connectivity index is 2.22. The predicted molar refractivity (Wildman–Crippen MR) is 89.8 cm³/mol. The van der Waals surface area contributed by atoms with Crippen molar-refractivity contribution in [3.8, 4) is 5.69 Å². The number of carboxylic acids is 1. The summed E-state index contributed by atoms with van der Waals surface area (Å²) >= 11 is 3.37. The topological polar surface area (TPSA) is 84.2 Å². The van der Waals surface area contributed by atoms with Gasteiger partial charge in [0.2, 0.25) is 0 Å². The van der Waals surface area contributed by atoms with Gasteiger partial charge in [-0.25, -0.2) is 9.48 Å². The second-order valence-corrected chi connectivity index (χ2v) is 6.10. The second kappa shape index (κ2) is 7.41. The molecule has 23 heavy (non-hydrogen) atoms. The van der Waals surface area contributed by atoms with Gasteiger partial charge in [0.15, 0.2) is 0 Å². The van der Waals surface area contributed by atoms with Gasteiger partial charge in [-0.2, -0.15) is 5.10 Å². The van der Waals surface area contributed by atoms with Crippen LogP contribution < -0.4 is 5.32 Å². The zero-order valence-electron chi connectivity index (χ0n) is 12.9. The van der Waals surface area contributed by atoms with Crippen molar-refractivity contribution in [1.82, 2.24) is 15.1 Å². The molecular formula is C16H18BrN3O3. The molecule has 2 N–H and O–H groups in total. The third-order valence-electron chi connectivity index (χ3n) is 3.51. The quantitative estimate of drug-likeness (QED) is 0.807. The van der Waals surface area contributed by atoms with Gasteiger partial charge in [0.1, 0.15) is 6.04 Å². The highest BCUT2D eigenvalue weighted by Crippen LogP contribution is 2.17. The molecule has 0 aliphatic carbocycles. The number of benzene rings is 1. The Morgan fingerprint density at radius 1 is 1.35 bits per heavy atom. The number of hydrogen-bond donors (Lipinski definition) is 2. The van der Waals surface area contributed by atoms with Crippen LogP contribution in [-0.4, -0.2) is 32.8 Å². The van der Waals surface area contributed by atoms with Crippen LogP contribution in [0.5, 0.6) is 0 Å². The minimum Gasteiger partial charge on any atom is -0.480 e. The molecule has 122 valence electrons. The number of rotatable bonds is 6. The van der Waals surface area contributed by atoms with Gasteiger partial charge in [-0.3, -0.25) is 4.79 Å². The number of carbonyl (C=O) groups is 2. The Morgan fingerprint density at radius 3 is 2.57 bits per heavy atom. The molecule has 1 aromatic carbocycles. The molecule has 2 rings (SSSR count). The zero-order valence-corrected chi connectivity index (χ0v) is 14.5. The Labute approximate surface area is 142 Å². The number of hydrogen-bond acceptors (Lipinski definition) is 3. The van der Waals surface area contributed by atoms with Gasteiger partial charge in [-0.15, -0.1) is 0 Å². The summed E-state index contributed by atoms with van der Waals surface area (Å²) in [4.78, 5) is 23.5. The van der Waals surface area contributed by atoms with Gasteiger partial charge in [0.05, 0.1) is 23.1 Å². The van der Waals surface area contributed by atoms with E-state index in [1.165, 1.54) is 6.20 Å². The van der Waals surface area contributed by atoms with Gasteiger partial charge >= 0.3 is 5.97 Å². The number of carbonyl (C=O) groups excluding carboxylic acids is 1. The van der Waals surface area contributed by atoms with Crippen molar-refractivity contribution in [2.24, 2.45) is 0 Å². The first kappa shape index (κ1) is 17.2. The van der Waals surface area contributed by atoms with Gasteiger partial charge in [0.25, 0.3) is 5.91 Å². The molecule has 1 heterocycles. The fourth-order valence-electron chi connectivity index (χ4n) is 2.26. The van der Waals surface area contributed by atoms with Crippen molar-refractivity contribution >= 4 is 27.8 Å². The first-order chi connectivity index (χ1) is 10.9. The van der Waals surface area contributed by atoms with Crippen LogP contribution >= 0.6 is 15.9 Å². The standard InChI is InChI=1S/C16H18BrN3O3/c1-3-4-14(16(22)23)19-15(21)13-9-18-20(10(13)2)12-7-5-11(17)6-8-12/h5-9,14H,3-4H2,1-2H3,(H,19,21)(H,22,23). The maximum atomic E-state index is 12.3. The number of aromatic nitrogens is 2. The van der Waals surface area contributed by atoms with E-state index in [1.807, 2.05) is 31.2 Å². The van der Waals surface area contributed by atoms with Crippen molar-refractivity contribution in [2.75, 3.05) is 0 Å². The minimum absolute atomic E-state index is 0.371. The lowest BCUT2D eigenvalue weighted by Gasteiger charge is -2.13. The van der Waals surface area contributed by atoms with Crippen LogP contribution in [0.3, 0.4) is 0 Å². The smallest absolute Gasteiger partial charge is 0.326 e. The van der Waals surface area contributed by atoms with Crippen molar-refractivity contribution in [1.29, 1.82) is 0 Å². The monoisotopic (exact) mass is 379 g/mol. The average molecular weight is 380 g/mol. The summed E-state index contributed by atoms with van der Waals surface area (Å²) in [7, 11) is 0. The highest BCUT2D eigenvalue weighted by Gasteiger charge is 2.22. The van der Waals surface area contributed by atoms with Crippen molar-refractivity contribution in [3.05, 3.63) is 46.2 Å². The highest BCUT2D eigenvalue weighted by atomic mass is 79.9. The average Bonchev–Trinajstić information content (AvgIpc) is 2.89. The summed E-state index contributed by atoms with van der Waals surface area (Å²) in [6.45, 7) is 3.65. The van der Waals surface area contributed by atoms with Crippen LogP contribution in [0, 0.1) is 6.92 Å². The van der Waals surface area contributed by atoms with Crippen LogP contribution in [0.15, 0.2) is 34.9 Å². The summed E-state index contributed by atoms with van der Waals surface area (Å²) in [5, 5.41) is 15.9. The van der Waals surface area contributed by atoms with E-state index in [0.717, 1.165) is 10.2 Å². The molecule has 7 heteroatoms. The van der Waals surface area contributed by atoms with Gasteiger partial charge in [0, 0.05) is 4.47 Å². The summed E-state index contributed by atoms with van der Waals surface area (Å²) in [5.74, 6) is -1.45. The number of aliphatic carboxylic acids is 1. The van der Waals surface area contributed by atoms with E-state index in [1.54, 1.807) is 11.6 Å².